The summed E-state index contributed by atoms with van der Waals surface area (Å²) in [7, 11) is 0. The Morgan fingerprint density at radius 2 is 1.42 bits per heavy atom. The van der Waals surface area contributed by atoms with E-state index in [1.54, 1.807) is 0 Å². The molecule has 1 spiro atoms. The molecule has 0 unspecified atom stereocenters. The second-order valence-corrected chi connectivity index (χ2v) is 11.2. The average Bonchev–Trinajstić information content (AvgIpc) is 3.06. The summed E-state index contributed by atoms with van der Waals surface area (Å²) in [4.78, 5) is 27.1. The summed E-state index contributed by atoms with van der Waals surface area (Å²) >= 11 is 7.15. The first-order valence-electron chi connectivity index (χ1n) is 11.2. The molecule has 0 radical (unpaired) electrons. The van der Waals surface area contributed by atoms with Crippen LogP contribution in [0.15, 0.2) is 75.7 Å². The maximum atomic E-state index is 14.0. The minimum Gasteiger partial charge on any atom is -0.425 e. The van der Waals surface area contributed by atoms with Crippen LogP contribution < -0.4 is 4.74 Å². The van der Waals surface area contributed by atoms with Crippen LogP contribution in [-0.4, -0.2) is 11.8 Å². The lowest BCUT2D eigenvalue weighted by Gasteiger charge is -2.45. The van der Waals surface area contributed by atoms with Crippen LogP contribution in [0.1, 0.15) is 66.7 Å². The highest BCUT2D eigenvalue weighted by Crippen LogP contribution is 2.61. The van der Waals surface area contributed by atoms with Crippen LogP contribution in [0.5, 0.6) is 5.75 Å². The average molecular weight is 568 g/mol. The van der Waals surface area contributed by atoms with Crippen molar-refractivity contribution in [3.8, 4) is 5.75 Å². The van der Waals surface area contributed by atoms with Gasteiger partial charge in [-0.1, -0.05) is 82.1 Å². The van der Waals surface area contributed by atoms with E-state index in [2.05, 4.69) is 57.8 Å². The number of carbonyl (C=O) groups excluding carboxylic acids is 2. The quantitative estimate of drug-likeness (QED) is 0.244. The summed E-state index contributed by atoms with van der Waals surface area (Å²) in [6, 6.07) is 22.1. The Labute approximate surface area is 210 Å². The van der Waals surface area contributed by atoms with E-state index in [1.165, 1.54) is 0 Å². The van der Waals surface area contributed by atoms with Crippen LogP contribution >= 0.6 is 31.9 Å². The van der Waals surface area contributed by atoms with Crippen molar-refractivity contribution in [3.63, 3.8) is 0 Å². The van der Waals surface area contributed by atoms with Crippen LogP contribution in [0.25, 0.3) is 0 Å². The molecule has 33 heavy (non-hydrogen) atoms. The van der Waals surface area contributed by atoms with Gasteiger partial charge in [0.2, 0.25) is 0 Å². The molecule has 0 amide bonds. The number of rotatable bonds is 3. The van der Waals surface area contributed by atoms with Gasteiger partial charge in [-0.25, -0.2) is 0 Å². The standard InChI is InChI=1S/C28H24Br2O3/c1-16(2)17-9-10-23-26(13-17)33-27(32)28(23)24(18-5-3-7-20(29)11-18)14-22(31)15-25(28)19-6-4-8-21(30)12-19/h3-13,16,24-25H,14-15H2,1-2H3/t24-,25-/m1/s1. The summed E-state index contributed by atoms with van der Waals surface area (Å²) in [6.45, 7) is 4.25. The van der Waals surface area contributed by atoms with Gasteiger partial charge in [-0.2, -0.15) is 0 Å². The van der Waals surface area contributed by atoms with Gasteiger partial charge in [-0.15, -0.1) is 0 Å². The summed E-state index contributed by atoms with van der Waals surface area (Å²) in [5.74, 6) is 0.204. The third-order valence-corrected chi connectivity index (χ3v) is 8.11. The number of Topliss-reactive ketones (excluding diaryl/α,β-unsaturated/α-hetero) is 1. The van der Waals surface area contributed by atoms with Gasteiger partial charge < -0.3 is 4.74 Å². The number of fused-ring (bicyclic) bond motifs is 2. The molecule has 1 aliphatic carbocycles. The number of hydrogen-bond acceptors (Lipinski definition) is 3. The Hall–Kier alpha value is -2.24. The Kier molecular flexibility index (Phi) is 5.82. The highest BCUT2D eigenvalue weighted by molar-refractivity contribution is 9.10. The molecule has 0 aromatic heterocycles. The Bertz CT molecular complexity index is 1210. The maximum absolute atomic E-state index is 14.0. The first kappa shape index (κ1) is 22.5. The van der Waals surface area contributed by atoms with E-state index in [9.17, 15) is 9.59 Å². The second-order valence-electron chi connectivity index (χ2n) is 9.33. The van der Waals surface area contributed by atoms with Crippen molar-refractivity contribution in [1.29, 1.82) is 0 Å². The zero-order valence-electron chi connectivity index (χ0n) is 18.5. The van der Waals surface area contributed by atoms with Crippen molar-refractivity contribution in [2.45, 2.75) is 49.9 Å². The monoisotopic (exact) mass is 566 g/mol. The summed E-state index contributed by atoms with van der Waals surface area (Å²) in [6.07, 6.45) is 0.614. The van der Waals surface area contributed by atoms with Crippen LogP contribution in [-0.2, 0) is 15.0 Å². The fraction of sp³-hybridized carbons (Fsp3) is 0.286. The molecule has 1 saturated carbocycles. The first-order chi connectivity index (χ1) is 15.8. The van der Waals surface area contributed by atoms with E-state index in [-0.39, 0.29) is 23.6 Å². The van der Waals surface area contributed by atoms with Crippen molar-refractivity contribution in [2.75, 3.05) is 0 Å². The minimum absolute atomic E-state index is 0.163. The van der Waals surface area contributed by atoms with Crippen molar-refractivity contribution in [2.24, 2.45) is 0 Å². The smallest absolute Gasteiger partial charge is 0.323 e. The molecule has 3 nitrogen and oxygen atoms in total. The molecule has 2 atom stereocenters. The predicted molar refractivity (Wildman–Crippen MR) is 136 cm³/mol. The predicted octanol–water partition coefficient (Wildman–Crippen LogP) is 7.42. The first-order valence-corrected chi connectivity index (χ1v) is 12.8. The lowest BCUT2D eigenvalue weighted by Crippen LogP contribution is -2.49. The maximum Gasteiger partial charge on any atom is 0.323 e. The number of hydrogen-bond donors (Lipinski definition) is 0. The van der Waals surface area contributed by atoms with Gasteiger partial charge >= 0.3 is 5.97 Å². The molecular formula is C28H24Br2O3. The zero-order valence-corrected chi connectivity index (χ0v) is 21.6. The van der Waals surface area contributed by atoms with E-state index in [1.807, 2.05) is 54.6 Å². The highest BCUT2D eigenvalue weighted by Gasteiger charge is 2.62. The van der Waals surface area contributed by atoms with Crippen LogP contribution in [0.3, 0.4) is 0 Å². The molecule has 2 aliphatic rings. The molecule has 1 aliphatic heterocycles. The number of esters is 1. The van der Waals surface area contributed by atoms with E-state index in [4.69, 9.17) is 4.74 Å². The largest absolute Gasteiger partial charge is 0.425 e. The van der Waals surface area contributed by atoms with Gasteiger partial charge in [-0.05, 0) is 52.9 Å². The van der Waals surface area contributed by atoms with Crippen molar-refractivity contribution < 1.29 is 14.3 Å². The van der Waals surface area contributed by atoms with Crippen LogP contribution in [0, 0.1) is 0 Å². The lowest BCUT2D eigenvalue weighted by molar-refractivity contribution is -0.142. The third-order valence-electron chi connectivity index (χ3n) is 7.12. The zero-order chi connectivity index (χ0) is 23.3. The van der Waals surface area contributed by atoms with Crippen LogP contribution in [0.4, 0.5) is 0 Å². The van der Waals surface area contributed by atoms with Gasteiger partial charge in [0.05, 0.1) is 0 Å². The fourth-order valence-electron chi connectivity index (χ4n) is 5.59. The van der Waals surface area contributed by atoms with Crippen LogP contribution in [0.2, 0.25) is 0 Å². The minimum atomic E-state index is -0.972. The number of benzene rings is 3. The molecule has 3 aromatic carbocycles. The van der Waals surface area contributed by atoms with Gasteiger partial charge in [0.15, 0.2) is 0 Å². The van der Waals surface area contributed by atoms with E-state index < -0.39 is 5.41 Å². The summed E-state index contributed by atoms with van der Waals surface area (Å²) < 4.78 is 7.87. The molecule has 1 fully saturated rings. The molecule has 0 bridgehead atoms. The highest BCUT2D eigenvalue weighted by atomic mass is 79.9. The summed E-state index contributed by atoms with van der Waals surface area (Å²) in [5, 5.41) is 0. The van der Waals surface area contributed by atoms with Crippen molar-refractivity contribution >= 4 is 43.6 Å². The third kappa shape index (κ3) is 3.70. The van der Waals surface area contributed by atoms with Crippen molar-refractivity contribution in [1.82, 2.24) is 0 Å². The Morgan fingerprint density at radius 1 is 0.848 bits per heavy atom. The number of ketones is 1. The van der Waals surface area contributed by atoms with Gasteiger partial charge in [0.25, 0.3) is 0 Å². The summed E-state index contributed by atoms with van der Waals surface area (Å²) in [5.41, 5.74) is 2.98. The van der Waals surface area contributed by atoms with Crippen molar-refractivity contribution in [3.05, 3.63) is 97.9 Å². The normalized spacial score (nSPS) is 21.4. The molecule has 0 N–H and O–H groups in total. The van der Waals surface area contributed by atoms with Gasteiger partial charge in [-0.3, -0.25) is 9.59 Å². The molecule has 1 heterocycles. The molecule has 5 heteroatoms. The fourth-order valence-corrected chi connectivity index (χ4v) is 6.42. The van der Waals surface area contributed by atoms with Gasteiger partial charge in [0, 0.05) is 39.2 Å². The molecule has 168 valence electrons. The van der Waals surface area contributed by atoms with E-state index >= 15 is 0 Å². The number of carbonyl (C=O) groups is 2. The second kappa shape index (κ2) is 8.52. The topological polar surface area (TPSA) is 43.4 Å². The number of ether oxygens (including phenoxy) is 1. The van der Waals surface area contributed by atoms with Gasteiger partial charge in [0.1, 0.15) is 16.9 Å². The molecule has 0 saturated heterocycles. The SMILES string of the molecule is CC(C)c1ccc2c(c1)OC(=O)C21[C@@H](c2cccc(Br)c2)CC(=O)C[C@@H]1c1cccc(Br)c1. The molecular weight excluding hydrogens is 544 g/mol. The van der Waals surface area contributed by atoms with E-state index in [0.29, 0.717) is 24.5 Å². The molecule has 5 rings (SSSR count). The molecule has 3 aromatic rings. The lowest BCUT2D eigenvalue weighted by atomic mass is 9.54. The number of halogens is 2. The Morgan fingerprint density at radius 3 is 1.94 bits per heavy atom. The van der Waals surface area contributed by atoms with E-state index in [0.717, 1.165) is 31.2 Å². The Balaban J connectivity index is 1.80.